The SMILES string of the molecule is CCOC(N)CN1CCOCC1. The molecule has 1 atom stereocenters. The summed E-state index contributed by atoms with van der Waals surface area (Å²) in [5.74, 6) is 0. The minimum Gasteiger partial charge on any atom is -0.379 e. The largest absolute Gasteiger partial charge is 0.379 e. The number of hydrogen-bond donors (Lipinski definition) is 1. The number of ether oxygens (including phenoxy) is 2. The molecule has 1 saturated heterocycles. The first-order valence-corrected chi connectivity index (χ1v) is 4.50. The van der Waals surface area contributed by atoms with Crippen LogP contribution in [0.4, 0.5) is 0 Å². The van der Waals surface area contributed by atoms with E-state index in [1.54, 1.807) is 0 Å². The van der Waals surface area contributed by atoms with Gasteiger partial charge < -0.3 is 15.2 Å². The van der Waals surface area contributed by atoms with Crippen molar-refractivity contribution in [2.24, 2.45) is 5.73 Å². The van der Waals surface area contributed by atoms with Crippen LogP contribution >= 0.6 is 0 Å². The van der Waals surface area contributed by atoms with Gasteiger partial charge in [0.1, 0.15) is 6.23 Å². The summed E-state index contributed by atoms with van der Waals surface area (Å²) in [6.07, 6.45) is -0.145. The van der Waals surface area contributed by atoms with Gasteiger partial charge in [0.2, 0.25) is 0 Å². The average molecular weight is 174 g/mol. The van der Waals surface area contributed by atoms with E-state index in [0.29, 0.717) is 6.61 Å². The lowest BCUT2D eigenvalue weighted by Crippen LogP contribution is -2.44. The Hall–Kier alpha value is -0.160. The van der Waals surface area contributed by atoms with Crippen LogP contribution in [0, 0.1) is 0 Å². The highest BCUT2D eigenvalue weighted by atomic mass is 16.5. The molecular weight excluding hydrogens is 156 g/mol. The van der Waals surface area contributed by atoms with Crippen molar-refractivity contribution in [3.63, 3.8) is 0 Å². The Morgan fingerprint density at radius 1 is 1.50 bits per heavy atom. The molecule has 12 heavy (non-hydrogen) atoms. The highest BCUT2D eigenvalue weighted by molar-refractivity contribution is 4.64. The van der Waals surface area contributed by atoms with E-state index >= 15 is 0 Å². The first-order valence-electron chi connectivity index (χ1n) is 4.50. The highest BCUT2D eigenvalue weighted by Gasteiger charge is 2.13. The Morgan fingerprint density at radius 2 is 2.17 bits per heavy atom. The molecular formula is C8H18N2O2. The van der Waals surface area contributed by atoms with Crippen molar-refractivity contribution in [2.75, 3.05) is 39.5 Å². The molecule has 4 nitrogen and oxygen atoms in total. The number of rotatable bonds is 4. The monoisotopic (exact) mass is 174 g/mol. The third-order valence-electron chi connectivity index (χ3n) is 1.92. The quantitative estimate of drug-likeness (QED) is 0.591. The smallest absolute Gasteiger partial charge is 0.118 e. The zero-order chi connectivity index (χ0) is 8.81. The van der Waals surface area contributed by atoms with Crippen LogP contribution in [0.5, 0.6) is 0 Å². The summed E-state index contributed by atoms with van der Waals surface area (Å²) in [6, 6.07) is 0. The lowest BCUT2D eigenvalue weighted by atomic mass is 10.4. The molecule has 0 radical (unpaired) electrons. The van der Waals surface area contributed by atoms with Gasteiger partial charge in [-0.3, -0.25) is 4.90 Å². The van der Waals surface area contributed by atoms with Crippen LogP contribution in [0.2, 0.25) is 0 Å². The lowest BCUT2D eigenvalue weighted by Gasteiger charge is -2.28. The van der Waals surface area contributed by atoms with Crippen molar-refractivity contribution < 1.29 is 9.47 Å². The highest BCUT2D eigenvalue weighted by Crippen LogP contribution is 1.97. The van der Waals surface area contributed by atoms with Crippen molar-refractivity contribution in [1.29, 1.82) is 0 Å². The molecule has 2 N–H and O–H groups in total. The van der Waals surface area contributed by atoms with Gasteiger partial charge in [-0.1, -0.05) is 0 Å². The zero-order valence-electron chi connectivity index (χ0n) is 7.66. The molecule has 1 unspecified atom stereocenters. The van der Waals surface area contributed by atoms with Gasteiger partial charge in [0.15, 0.2) is 0 Å². The third-order valence-corrected chi connectivity index (χ3v) is 1.92. The van der Waals surface area contributed by atoms with Gasteiger partial charge >= 0.3 is 0 Å². The van der Waals surface area contributed by atoms with E-state index in [0.717, 1.165) is 32.8 Å². The van der Waals surface area contributed by atoms with Gasteiger partial charge in [0, 0.05) is 26.2 Å². The van der Waals surface area contributed by atoms with Crippen molar-refractivity contribution in [2.45, 2.75) is 13.2 Å². The number of nitrogens with two attached hydrogens (primary N) is 1. The maximum absolute atomic E-state index is 5.71. The van der Waals surface area contributed by atoms with E-state index < -0.39 is 0 Å². The maximum Gasteiger partial charge on any atom is 0.118 e. The van der Waals surface area contributed by atoms with Crippen LogP contribution in [0.15, 0.2) is 0 Å². The molecule has 0 aromatic rings. The van der Waals surface area contributed by atoms with Crippen molar-refractivity contribution in [1.82, 2.24) is 4.90 Å². The predicted octanol–water partition coefficient (Wildman–Crippen LogP) is -0.360. The van der Waals surface area contributed by atoms with Gasteiger partial charge in [-0.05, 0) is 6.92 Å². The maximum atomic E-state index is 5.71. The van der Waals surface area contributed by atoms with E-state index in [1.165, 1.54) is 0 Å². The molecule has 1 rings (SSSR count). The topological polar surface area (TPSA) is 47.7 Å². The summed E-state index contributed by atoms with van der Waals surface area (Å²) in [6.45, 7) is 7.04. The summed E-state index contributed by atoms with van der Waals surface area (Å²) in [5.41, 5.74) is 5.71. The Morgan fingerprint density at radius 3 is 2.75 bits per heavy atom. The second-order valence-corrected chi connectivity index (χ2v) is 2.91. The van der Waals surface area contributed by atoms with Gasteiger partial charge in [-0.15, -0.1) is 0 Å². The van der Waals surface area contributed by atoms with Gasteiger partial charge in [0.05, 0.1) is 13.2 Å². The molecule has 1 aliphatic rings. The fourth-order valence-electron chi connectivity index (χ4n) is 1.30. The number of hydrogen-bond acceptors (Lipinski definition) is 4. The predicted molar refractivity (Wildman–Crippen MR) is 46.9 cm³/mol. The average Bonchev–Trinajstić information content (AvgIpc) is 2.06. The van der Waals surface area contributed by atoms with E-state index in [1.807, 2.05) is 6.92 Å². The third kappa shape index (κ3) is 3.49. The zero-order valence-corrected chi connectivity index (χ0v) is 7.66. The summed E-state index contributed by atoms with van der Waals surface area (Å²) >= 11 is 0. The first kappa shape index (κ1) is 9.92. The Bertz CT molecular complexity index is 116. The van der Waals surface area contributed by atoms with Crippen LogP contribution in [-0.4, -0.2) is 50.6 Å². The molecule has 72 valence electrons. The van der Waals surface area contributed by atoms with E-state index in [-0.39, 0.29) is 6.23 Å². The summed E-state index contributed by atoms with van der Waals surface area (Å²) < 4.78 is 10.5. The Kier molecular flexibility index (Phi) is 4.53. The molecule has 0 spiro atoms. The fourth-order valence-corrected chi connectivity index (χ4v) is 1.30. The second-order valence-electron chi connectivity index (χ2n) is 2.91. The fraction of sp³-hybridized carbons (Fsp3) is 1.00. The van der Waals surface area contributed by atoms with Crippen LogP contribution in [-0.2, 0) is 9.47 Å². The molecule has 4 heteroatoms. The molecule has 1 heterocycles. The van der Waals surface area contributed by atoms with Crippen LogP contribution in [0.25, 0.3) is 0 Å². The minimum absolute atomic E-state index is 0.145. The molecule has 0 amide bonds. The standard InChI is InChI=1S/C8H18N2O2/c1-2-12-8(9)7-10-3-5-11-6-4-10/h8H,2-7,9H2,1H3. The Labute approximate surface area is 73.6 Å². The first-order chi connectivity index (χ1) is 5.83. The normalized spacial score (nSPS) is 22.5. The van der Waals surface area contributed by atoms with Gasteiger partial charge in [-0.2, -0.15) is 0 Å². The summed E-state index contributed by atoms with van der Waals surface area (Å²) in [5, 5.41) is 0. The molecule has 0 aromatic heterocycles. The van der Waals surface area contributed by atoms with Crippen molar-refractivity contribution in [3.8, 4) is 0 Å². The van der Waals surface area contributed by atoms with Gasteiger partial charge in [-0.25, -0.2) is 0 Å². The Balaban J connectivity index is 2.11. The van der Waals surface area contributed by atoms with Gasteiger partial charge in [0.25, 0.3) is 0 Å². The summed E-state index contributed by atoms with van der Waals surface area (Å²) in [7, 11) is 0. The number of nitrogens with zero attached hydrogens (tertiary/aromatic N) is 1. The van der Waals surface area contributed by atoms with E-state index in [9.17, 15) is 0 Å². The summed E-state index contributed by atoms with van der Waals surface area (Å²) in [4.78, 5) is 2.27. The van der Waals surface area contributed by atoms with Crippen LogP contribution in [0.3, 0.4) is 0 Å². The molecule has 1 aliphatic heterocycles. The number of morpholine rings is 1. The van der Waals surface area contributed by atoms with E-state index in [2.05, 4.69) is 4.90 Å². The molecule has 1 fully saturated rings. The van der Waals surface area contributed by atoms with Crippen molar-refractivity contribution in [3.05, 3.63) is 0 Å². The van der Waals surface area contributed by atoms with E-state index in [4.69, 9.17) is 15.2 Å². The van der Waals surface area contributed by atoms with Crippen LogP contribution in [0.1, 0.15) is 6.92 Å². The minimum atomic E-state index is -0.145. The second kappa shape index (κ2) is 5.48. The van der Waals surface area contributed by atoms with Crippen molar-refractivity contribution >= 4 is 0 Å². The van der Waals surface area contributed by atoms with Crippen LogP contribution < -0.4 is 5.73 Å². The molecule has 0 aromatic carbocycles. The lowest BCUT2D eigenvalue weighted by molar-refractivity contribution is -0.00638. The molecule has 0 aliphatic carbocycles. The molecule has 0 saturated carbocycles. The molecule has 0 bridgehead atoms.